The maximum absolute atomic E-state index is 11.6. The van der Waals surface area contributed by atoms with E-state index in [-0.39, 0.29) is 12.0 Å². The second-order valence-electron chi connectivity index (χ2n) is 4.11. The standard InChI is InChI=1S/C10H18N2O2/c13-10(9-7-11-4-5-14-9)12-6-8-2-1-3-8/h8-9,11H,1-7H2,(H,12,13). The zero-order valence-electron chi connectivity index (χ0n) is 8.42. The highest BCUT2D eigenvalue weighted by Crippen LogP contribution is 2.25. The third kappa shape index (κ3) is 2.45. The summed E-state index contributed by atoms with van der Waals surface area (Å²) in [7, 11) is 0. The second-order valence-corrected chi connectivity index (χ2v) is 4.11. The van der Waals surface area contributed by atoms with Gasteiger partial charge < -0.3 is 15.4 Å². The molecule has 0 spiro atoms. The molecular weight excluding hydrogens is 180 g/mol. The molecule has 1 amide bonds. The first-order valence-electron chi connectivity index (χ1n) is 5.46. The van der Waals surface area contributed by atoms with Crippen molar-refractivity contribution in [3.8, 4) is 0 Å². The number of carbonyl (C=O) groups is 1. The highest BCUT2D eigenvalue weighted by Gasteiger charge is 2.23. The van der Waals surface area contributed by atoms with E-state index in [0.29, 0.717) is 13.2 Å². The molecule has 1 heterocycles. The lowest BCUT2D eigenvalue weighted by Crippen LogP contribution is -2.49. The Balaban J connectivity index is 1.65. The molecule has 0 aromatic carbocycles. The molecule has 4 heteroatoms. The Kier molecular flexibility index (Phi) is 3.37. The quantitative estimate of drug-likeness (QED) is 0.665. The molecule has 2 N–H and O–H groups in total. The molecule has 1 saturated carbocycles. The van der Waals surface area contributed by atoms with Crippen LogP contribution in [0, 0.1) is 5.92 Å². The van der Waals surface area contributed by atoms with Gasteiger partial charge in [0, 0.05) is 19.6 Å². The van der Waals surface area contributed by atoms with Crippen LogP contribution in [0.5, 0.6) is 0 Å². The van der Waals surface area contributed by atoms with E-state index >= 15 is 0 Å². The lowest BCUT2D eigenvalue weighted by Gasteiger charge is -2.27. The van der Waals surface area contributed by atoms with Gasteiger partial charge in [-0.05, 0) is 18.8 Å². The Morgan fingerprint density at radius 3 is 2.93 bits per heavy atom. The van der Waals surface area contributed by atoms with Crippen LogP contribution in [-0.4, -0.2) is 38.3 Å². The predicted octanol–water partition coefficient (Wildman–Crippen LogP) is -0.109. The third-order valence-electron chi connectivity index (χ3n) is 3.01. The largest absolute Gasteiger partial charge is 0.366 e. The molecule has 2 fully saturated rings. The maximum Gasteiger partial charge on any atom is 0.250 e. The van der Waals surface area contributed by atoms with Crippen LogP contribution in [0.25, 0.3) is 0 Å². The Morgan fingerprint density at radius 2 is 2.36 bits per heavy atom. The van der Waals surface area contributed by atoms with Crippen LogP contribution < -0.4 is 10.6 Å². The second kappa shape index (κ2) is 4.75. The first-order valence-corrected chi connectivity index (χ1v) is 5.46. The van der Waals surface area contributed by atoms with Crippen LogP contribution in [0.15, 0.2) is 0 Å². The van der Waals surface area contributed by atoms with Crippen LogP contribution in [-0.2, 0) is 9.53 Å². The van der Waals surface area contributed by atoms with E-state index in [1.165, 1.54) is 19.3 Å². The summed E-state index contributed by atoms with van der Waals surface area (Å²) in [5.41, 5.74) is 0. The van der Waals surface area contributed by atoms with Crippen molar-refractivity contribution in [2.75, 3.05) is 26.2 Å². The van der Waals surface area contributed by atoms with Gasteiger partial charge in [0.1, 0.15) is 6.10 Å². The van der Waals surface area contributed by atoms with Crippen molar-refractivity contribution in [1.82, 2.24) is 10.6 Å². The first-order chi connectivity index (χ1) is 6.86. The summed E-state index contributed by atoms with van der Waals surface area (Å²) in [4.78, 5) is 11.6. The summed E-state index contributed by atoms with van der Waals surface area (Å²) in [6.07, 6.45) is 3.58. The molecule has 0 radical (unpaired) electrons. The van der Waals surface area contributed by atoms with Crippen LogP contribution >= 0.6 is 0 Å². The van der Waals surface area contributed by atoms with Crippen molar-refractivity contribution in [3.05, 3.63) is 0 Å². The zero-order valence-corrected chi connectivity index (χ0v) is 8.42. The van der Waals surface area contributed by atoms with Crippen molar-refractivity contribution in [2.45, 2.75) is 25.4 Å². The van der Waals surface area contributed by atoms with Gasteiger partial charge in [-0.25, -0.2) is 0 Å². The molecule has 1 atom stereocenters. The molecule has 14 heavy (non-hydrogen) atoms. The maximum atomic E-state index is 11.6. The fraction of sp³-hybridized carbons (Fsp3) is 0.900. The average Bonchev–Trinajstić information content (AvgIpc) is 2.16. The summed E-state index contributed by atoms with van der Waals surface area (Å²) >= 11 is 0. The molecule has 0 aromatic rings. The number of amides is 1. The van der Waals surface area contributed by atoms with Crippen LogP contribution in [0.2, 0.25) is 0 Å². The minimum Gasteiger partial charge on any atom is -0.366 e. The molecular formula is C10H18N2O2. The smallest absolute Gasteiger partial charge is 0.250 e. The lowest BCUT2D eigenvalue weighted by atomic mass is 9.85. The molecule has 80 valence electrons. The fourth-order valence-corrected chi connectivity index (χ4v) is 1.79. The molecule has 2 rings (SSSR count). The SMILES string of the molecule is O=C(NCC1CCC1)C1CNCCO1. The summed E-state index contributed by atoms with van der Waals surface area (Å²) in [6, 6.07) is 0. The summed E-state index contributed by atoms with van der Waals surface area (Å²) in [6.45, 7) is 2.98. The van der Waals surface area contributed by atoms with E-state index in [0.717, 1.165) is 19.0 Å². The normalized spacial score (nSPS) is 28.1. The molecule has 1 aliphatic heterocycles. The Morgan fingerprint density at radius 1 is 1.50 bits per heavy atom. The van der Waals surface area contributed by atoms with E-state index in [2.05, 4.69) is 10.6 Å². The third-order valence-corrected chi connectivity index (χ3v) is 3.01. The van der Waals surface area contributed by atoms with Gasteiger partial charge in [0.15, 0.2) is 0 Å². The minimum absolute atomic E-state index is 0.0455. The Labute approximate surface area is 84.4 Å². The van der Waals surface area contributed by atoms with Gasteiger partial charge in [0.2, 0.25) is 5.91 Å². The molecule has 1 saturated heterocycles. The van der Waals surface area contributed by atoms with Crippen molar-refractivity contribution in [3.63, 3.8) is 0 Å². The number of hydrogen-bond donors (Lipinski definition) is 2. The number of rotatable bonds is 3. The van der Waals surface area contributed by atoms with Crippen LogP contribution in [0.3, 0.4) is 0 Å². The van der Waals surface area contributed by atoms with Gasteiger partial charge in [0.25, 0.3) is 0 Å². The molecule has 0 bridgehead atoms. The summed E-state index contributed by atoms with van der Waals surface area (Å²) in [5.74, 6) is 0.764. The highest BCUT2D eigenvalue weighted by molar-refractivity contribution is 5.81. The van der Waals surface area contributed by atoms with Crippen molar-refractivity contribution in [2.24, 2.45) is 5.92 Å². The van der Waals surface area contributed by atoms with Gasteiger partial charge >= 0.3 is 0 Å². The predicted molar refractivity (Wildman–Crippen MR) is 53.0 cm³/mol. The fourth-order valence-electron chi connectivity index (χ4n) is 1.79. The first kappa shape index (κ1) is 9.93. The van der Waals surface area contributed by atoms with Crippen LogP contribution in [0.1, 0.15) is 19.3 Å². The lowest BCUT2D eigenvalue weighted by molar-refractivity contribution is -0.134. The van der Waals surface area contributed by atoms with E-state index in [1.807, 2.05) is 0 Å². The van der Waals surface area contributed by atoms with Crippen molar-refractivity contribution >= 4 is 5.91 Å². The van der Waals surface area contributed by atoms with E-state index in [4.69, 9.17) is 4.74 Å². The topological polar surface area (TPSA) is 50.4 Å². The molecule has 1 aliphatic carbocycles. The average molecular weight is 198 g/mol. The number of carbonyl (C=O) groups excluding carboxylic acids is 1. The minimum atomic E-state index is -0.274. The summed E-state index contributed by atoms with van der Waals surface area (Å²) in [5, 5.41) is 6.10. The van der Waals surface area contributed by atoms with Gasteiger partial charge in [-0.2, -0.15) is 0 Å². The molecule has 0 aromatic heterocycles. The van der Waals surface area contributed by atoms with Crippen LogP contribution in [0.4, 0.5) is 0 Å². The molecule has 4 nitrogen and oxygen atoms in total. The Hall–Kier alpha value is -0.610. The number of morpholine rings is 1. The van der Waals surface area contributed by atoms with Gasteiger partial charge in [-0.3, -0.25) is 4.79 Å². The van der Waals surface area contributed by atoms with Gasteiger partial charge in [0.05, 0.1) is 6.61 Å². The van der Waals surface area contributed by atoms with Gasteiger partial charge in [-0.1, -0.05) is 6.42 Å². The summed E-state index contributed by atoms with van der Waals surface area (Å²) < 4.78 is 5.35. The monoisotopic (exact) mass is 198 g/mol. The zero-order chi connectivity index (χ0) is 9.80. The number of hydrogen-bond acceptors (Lipinski definition) is 3. The van der Waals surface area contributed by atoms with E-state index in [9.17, 15) is 4.79 Å². The van der Waals surface area contributed by atoms with E-state index < -0.39 is 0 Å². The molecule has 2 aliphatic rings. The van der Waals surface area contributed by atoms with Crippen molar-refractivity contribution < 1.29 is 9.53 Å². The highest BCUT2D eigenvalue weighted by atomic mass is 16.5. The van der Waals surface area contributed by atoms with Crippen molar-refractivity contribution in [1.29, 1.82) is 0 Å². The van der Waals surface area contributed by atoms with E-state index in [1.54, 1.807) is 0 Å². The Bertz CT molecular complexity index is 198. The van der Waals surface area contributed by atoms with Gasteiger partial charge in [-0.15, -0.1) is 0 Å². The molecule has 1 unspecified atom stereocenters. The number of nitrogens with one attached hydrogen (secondary N) is 2. The number of ether oxygens (including phenoxy) is 1.